The van der Waals surface area contributed by atoms with Crippen molar-refractivity contribution in [1.29, 1.82) is 0 Å². The van der Waals surface area contributed by atoms with Crippen LogP contribution < -0.4 is 5.32 Å². The van der Waals surface area contributed by atoms with Crippen molar-refractivity contribution in [3.63, 3.8) is 0 Å². The zero-order chi connectivity index (χ0) is 22.4. The first kappa shape index (κ1) is 22.5. The van der Waals surface area contributed by atoms with Crippen LogP contribution >= 0.6 is 0 Å². The number of rotatable bonds is 8. The van der Waals surface area contributed by atoms with Gasteiger partial charge in [0.1, 0.15) is 0 Å². The van der Waals surface area contributed by atoms with Crippen molar-refractivity contribution in [1.82, 2.24) is 10.2 Å². The van der Waals surface area contributed by atoms with Crippen LogP contribution in [0, 0.1) is 6.92 Å². The summed E-state index contributed by atoms with van der Waals surface area (Å²) in [6.45, 7) is 9.48. The second-order valence-corrected chi connectivity index (χ2v) is 8.09. The number of carbonyl (C=O) groups excluding carboxylic acids is 2. The molecule has 0 aromatic heterocycles. The van der Waals surface area contributed by atoms with Crippen molar-refractivity contribution in [3.05, 3.63) is 82.9 Å². The number of nitrogens with one attached hydrogen (secondary N) is 1. The standard InChI is InChI=1S/C27H32N2O2/c1-5-16-29(17-6-2)27(31)22-15-14-19(3)25(18-22)26(30)28-20(4)23-13-9-11-21-10-7-8-12-24(21)23/h7-15,18,20H,5-6,16-17H2,1-4H3,(H,28,30)/t20-/m1/s1. The molecule has 0 radical (unpaired) electrons. The Kier molecular flexibility index (Phi) is 7.45. The quantitative estimate of drug-likeness (QED) is 0.497. The molecule has 31 heavy (non-hydrogen) atoms. The first-order valence-corrected chi connectivity index (χ1v) is 11.1. The topological polar surface area (TPSA) is 49.4 Å². The molecule has 0 unspecified atom stereocenters. The lowest BCUT2D eigenvalue weighted by Gasteiger charge is -2.22. The van der Waals surface area contributed by atoms with E-state index in [9.17, 15) is 9.59 Å². The summed E-state index contributed by atoms with van der Waals surface area (Å²) < 4.78 is 0. The van der Waals surface area contributed by atoms with Crippen LogP contribution in [0.3, 0.4) is 0 Å². The van der Waals surface area contributed by atoms with Gasteiger partial charge in [-0.05, 0) is 60.7 Å². The van der Waals surface area contributed by atoms with Crippen LogP contribution in [0.4, 0.5) is 0 Å². The highest BCUT2D eigenvalue weighted by molar-refractivity contribution is 6.01. The van der Waals surface area contributed by atoms with Crippen LogP contribution in [0.5, 0.6) is 0 Å². The van der Waals surface area contributed by atoms with Gasteiger partial charge < -0.3 is 10.2 Å². The summed E-state index contributed by atoms with van der Waals surface area (Å²) in [6.07, 6.45) is 1.82. The predicted molar refractivity (Wildman–Crippen MR) is 127 cm³/mol. The fourth-order valence-electron chi connectivity index (χ4n) is 4.02. The predicted octanol–water partition coefficient (Wildman–Crippen LogP) is 5.90. The van der Waals surface area contributed by atoms with E-state index in [1.807, 2.05) is 55.1 Å². The van der Waals surface area contributed by atoms with Gasteiger partial charge in [0, 0.05) is 24.2 Å². The molecule has 1 atom stereocenters. The summed E-state index contributed by atoms with van der Waals surface area (Å²) >= 11 is 0. The minimum absolute atomic E-state index is 0.0140. The maximum atomic E-state index is 13.1. The highest BCUT2D eigenvalue weighted by Gasteiger charge is 2.19. The Labute approximate surface area is 185 Å². The van der Waals surface area contributed by atoms with Crippen molar-refractivity contribution in [3.8, 4) is 0 Å². The average molecular weight is 417 g/mol. The zero-order valence-corrected chi connectivity index (χ0v) is 18.9. The third-order valence-corrected chi connectivity index (χ3v) is 5.64. The van der Waals surface area contributed by atoms with Gasteiger partial charge in [-0.2, -0.15) is 0 Å². The Balaban J connectivity index is 1.84. The smallest absolute Gasteiger partial charge is 0.253 e. The molecule has 0 heterocycles. The summed E-state index contributed by atoms with van der Waals surface area (Å²) in [5.74, 6) is -0.176. The molecular formula is C27H32N2O2. The van der Waals surface area contributed by atoms with E-state index in [1.54, 1.807) is 6.07 Å². The fraction of sp³-hybridized carbons (Fsp3) is 0.333. The molecule has 0 spiro atoms. The second-order valence-electron chi connectivity index (χ2n) is 8.09. The third-order valence-electron chi connectivity index (χ3n) is 5.64. The van der Waals surface area contributed by atoms with Crippen LogP contribution in [-0.4, -0.2) is 29.8 Å². The SMILES string of the molecule is CCCN(CCC)C(=O)c1ccc(C)c(C(=O)N[C@H](C)c2cccc3ccccc23)c1. The average Bonchev–Trinajstić information content (AvgIpc) is 2.78. The van der Waals surface area contributed by atoms with Gasteiger partial charge in [-0.1, -0.05) is 62.4 Å². The molecule has 0 fully saturated rings. The van der Waals surface area contributed by atoms with Crippen molar-refractivity contribution in [2.24, 2.45) is 0 Å². The first-order chi connectivity index (χ1) is 15.0. The van der Waals surface area contributed by atoms with E-state index in [-0.39, 0.29) is 17.9 Å². The van der Waals surface area contributed by atoms with Gasteiger partial charge in [-0.25, -0.2) is 0 Å². The Morgan fingerprint density at radius 1 is 0.935 bits per heavy atom. The van der Waals surface area contributed by atoms with Gasteiger partial charge in [0.15, 0.2) is 0 Å². The lowest BCUT2D eigenvalue weighted by molar-refractivity contribution is 0.0755. The second kappa shape index (κ2) is 10.3. The van der Waals surface area contributed by atoms with E-state index in [0.29, 0.717) is 11.1 Å². The largest absolute Gasteiger partial charge is 0.345 e. The molecule has 0 saturated carbocycles. The number of benzene rings is 3. The maximum absolute atomic E-state index is 13.1. The Bertz CT molecular complexity index is 1060. The molecule has 1 N–H and O–H groups in total. The van der Waals surface area contributed by atoms with E-state index in [2.05, 4.69) is 37.4 Å². The van der Waals surface area contributed by atoms with Crippen molar-refractivity contribution in [2.45, 2.75) is 46.6 Å². The zero-order valence-electron chi connectivity index (χ0n) is 18.9. The summed E-state index contributed by atoms with van der Waals surface area (Å²) in [5, 5.41) is 5.41. The summed E-state index contributed by atoms with van der Waals surface area (Å²) in [6, 6.07) is 19.6. The highest BCUT2D eigenvalue weighted by atomic mass is 16.2. The van der Waals surface area contributed by atoms with Crippen molar-refractivity contribution < 1.29 is 9.59 Å². The Hall–Kier alpha value is -3.14. The molecule has 3 aromatic rings. The van der Waals surface area contributed by atoms with Gasteiger partial charge in [-0.15, -0.1) is 0 Å². The van der Waals surface area contributed by atoms with Gasteiger partial charge in [0.05, 0.1) is 6.04 Å². The Morgan fingerprint density at radius 3 is 2.32 bits per heavy atom. The molecular weight excluding hydrogens is 384 g/mol. The molecule has 0 aliphatic rings. The number of fused-ring (bicyclic) bond motifs is 1. The summed E-state index contributed by atoms with van der Waals surface area (Å²) in [4.78, 5) is 28.0. The Morgan fingerprint density at radius 2 is 1.61 bits per heavy atom. The molecule has 4 heteroatoms. The first-order valence-electron chi connectivity index (χ1n) is 11.1. The highest BCUT2D eigenvalue weighted by Crippen LogP contribution is 2.24. The normalized spacial score (nSPS) is 11.9. The monoisotopic (exact) mass is 416 g/mol. The number of hydrogen-bond acceptors (Lipinski definition) is 2. The van der Waals surface area contributed by atoms with E-state index >= 15 is 0 Å². The molecule has 0 aliphatic carbocycles. The van der Waals surface area contributed by atoms with Crippen LogP contribution in [0.1, 0.15) is 71.5 Å². The van der Waals surface area contributed by atoms with E-state index in [1.165, 1.54) is 0 Å². The summed E-state index contributed by atoms with van der Waals surface area (Å²) in [5.41, 5.74) is 3.05. The number of carbonyl (C=O) groups is 2. The molecule has 3 aromatic carbocycles. The lowest BCUT2D eigenvalue weighted by Crippen LogP contribution is -2.33. The number of nitrogens with zero attached hydrogens (tertiary/aromatic N) is 1. The van der Waals surface area contributed by atoms with Gasteiger partial charge in [0.2, 0.25) is 0 Å². The van der Waals surface area contributed by atoms with Crippen LogP contribution in [0.15, 0.2) is 60.7 Å². The van der Waals surface area contributed by atoms with Gasteiger partial charge >= 0.3 is 0 Å². The van der Waals surface area contributed by atoms with Crippen molar-refractivity contribution in [2.75, 3.05) is 13.1 Å². The minimum atomic E-state index is -0.162. The van der Waals surface area contributed by atoms with Crippen LogP contribution in [0.2, 0.25) is 0 Å². The minimum Gasteiger partial charge on any atom is -0.345 e. The number of amides is 2. The van der Waals surface area contributed by atoms with Crippen molar-refractivity contribution >= 4 is 22.6 Å². The van der Waals surface area contributed by atoms with E-state index in [0.717, 1.165) is 47.8 Å². The summed E-state index contributed by atoms with van der Waals surface area (Å²) in [7, 11) is 0. The number of aryl methyl sites for hydroxylation is 1. The molecule has 2 amide bonds. The molecule has 0 bridgehead atoms. The molecule has 4 nitrogen and oxygen atoms in total. The molecule has 3 rings (SSSR count). The number of hydrogen-bond donors (Lipinski definition) is 1. The fourth-order valence-corrected chi connectivity index (χ4v) is 4.02. The third kappa shape index (κ3) is 5.13. The molecule has 162 valence electrons. The van der Waals surface area contributed by atoms with E-state index in [4.69, 9.17) is 0 Å². The van der Waals surface area contributed by atoms with Gasteiger partial charge in [0.25, 0.3) is 11.8 Å². The van der Waals surface area contributed by atoms with Crippen LogP contribution in [0.25, 0.3) is 10.8 Å². The van der Waals surface area contributed by atoms with Crippen LogP contribution in [-0.2, 0) is 0 Å². The van der Waals surface area contributed by atoms with Gasteiger partial charge in [-0.3, -0.25) is 9.59 Å². The maximum Gasteiger partial charge on any atom is 0.253 e. The lowest BCUT2D eigenvalue weighted by atomic mass is 9.98. The molecule has 0 aliphatic heterocycles. The molecule has 0 saturated heterocycles. The van der Waals surface area contributed by atoms with E-state index < -0.39 is 0 Å².